The van der Waals surface area contributed by atoms with Crippen molar-refractivity contribution in [1.29, 1.82) is 0 Å². The third-order valence-electron chi connectivity index (χ3n) is 12.4. The summed E-state index contributed by atoms with van der Waals surface area (Å²) in [6.07, 6.45) is 83.3. The summed E-state index contributed by atoms with van der Waals surface area (Å²) in [4.78, 5) is 38.2. The van der Waals surface area contributed by atoms with Crippen LogP contribution in [0.3, 0.4) is 0 Å². The molecule has 0 heterocycles. The van der Waals surface area contributed by atoms with Crippen molar-refractivity contribution in [3.63, 3.8) is 0 Å². The molecular formula is C67H110O6. The number of ether oxygens (including phenoxy) is 3. The first-order valence-electron chi connectivity index (χ1n) is 30.0. The van der Waals surface area contributed by atoms with Gasteiger partial charge in [0, 0.05) is 19.3 Å². The largest absolute Gasteiger partial charge is 0.462 e. The van der Waals surface area contributed by atoms with E-state index in [1.807, 2.05) is 0 Å². The van der Waals surface area contributed by atoms with Gasteiger partial charge in [-0.1, -0.05) is 232 Å². The quantitative estimate of drug-likeness (QED) is 0.0261. The van der Waals surface area contributed by atoms with Gasteiger partial charge < -0.3 is 14.2 Å². The summed E-state index contributed by atoms with van der Waals surface area (Å²) in [6, 6.07) is 0. The molecule has 0 aliphatic carbocycles. The van der Waals surface area contributed by atoms with Gasteiger partial charge in [-0.2, -0.15) is 0 Å². The van der Waals surface area contributed by atoms with Gasteiger partial charge in [-0.3, -0.25) is 14.4 Å². The van der Waals surface area contributed by atoms with Crippen molar-refractivity contribution in [2.75, 3.05) is 13.2 Å². The Morgan fingerprint density at radius 2 is 0.534 bits per heavy atom. The second-order valence-corrected chi connectivity index (χ2v) is 19.5. The van der Waals surface area contributed by atoms with E-state index in [0.717, 1.165) is 116 Å². The summed E-state index contributed by atoms with van der Waals surface area (Å²) >= 11 is 0. The van der Waals surface area contributed by atoms with Crippen LogP contribution in [0.25, 0.3) is 0 Å². The Morgan fingerprint density at radius 1 is 0.288 bits per heavy atom. The van der Waals surface area contributed by atoms with Gasteiger partial charge in [0.15, 0.2) is 6.10 Å². The lowest BCUT2D eigenvalue weighted by Crippen LogP contribution is -2.30. The first-order chi connectivity index (χ1) is 36.0. The van der Waals surface area contributed by atoms with E-state index in [2.05, 4.69) is 142 Å². The molecule has 1 atom stereocenters. The Kier molecular flexibility index (Phi) is 56.9. The fourth-order valence-corrected chi connectivity index (χ4v) is 7.92. The lowest BCUT2D eigenvalue weighted by molar-refractivity contribution is -0.167. The number of allylic oxidation sites excluding steroid dienone is 20. The van der Waals surface area contributed by atoms with Crippen LogP contribution >= 0.6 is 0 Å². The van der Waals surface area contributed by atoms with Gasteiger partial charge in [-0.15, -0.1) is 0 Å². The molecule has 0 radical (unpaired) electrons. The number of hydrogen-bond donors (Lipinski definition) is 0. The molecule has 0 aromatic carbocycles. The van der Waals surface area contributed by atoms with Gasteiger partial charge in [0.25, 0.3) is 0 Å². The SMILES string of the molecule is CC/C=C\C/C=C\C/C=C\C/C=C\C/C=C\CCCCCC(=O)O[C@H](COC(=O)CCCCC/C=C\C/C=C\C/C=C\C/C=C\CCCCC)COC(=O)CCCCCCCCC/C=C\CCCCCCCC. The Morgan fingerprint density at radius 3 is 0.890 bits per heavy atom. The topological polar surface area (TPSA) is 78.9 Å². The van der Waals surface area contributed by atoms with Crippen molar-refractivity contribution in [3.8, 4) is 0 Å². The highest BCUT2D eigenvalue weighted by Crippen LogP contribution is 2.14. The minimum absolute atomic E-state index is 0.107. The maximum Gasteiger partial charge on any atom is 0.306 e. The van der Waals surface area contributed by atoms with Gasteiger partial charge in [-0.25, -0.2) is 0 Å². The van der Waals surface area contributed by atoms with Gasteiger partial charge in [0.2, 0.25) is 0 Å². The number of unbranched alkanes of at least 4 members (excludes halogenated alkanes) is 22. The van der Waals surface area contributed by atoms with Crippen molar-refractivity contribution in [2.24, 2.45) is 0 Å². The Hall–Kier alpha value is -4.19. The van der Waals surface area contributed by atoms with Gasteiger partial charge in [-0.05, 0) is 135 Å². The molecule has 0 amide bonds. The standard InChI is InChI=1S/C67H110O6/c1-4-7-10-13-16-19-22-25-28-31-33-36-39-42-45-48-51-54-57-60-66(69)72-63-64(62-71-65(68)59-56-53-50-47-44-41-38-35-30-27-24-21-18-15-12-9-6-3)73-67(70)61-58-55-52-49-46-43-40-37-34-32-29-26-23-20-17-14-11-8-5-2/h8,11,16-17,19-20,25-30,33-34,36-37,42-43,45-46,64H,4-7,9-10,12-15,18,21-24,31-32,35,38-41,44,47-63H2,1-3H3/b11-8-,19-16-,20-17-,28-25-,29-26-,30-27-,36-33-,37-34-,45-42-,46-43-/t64-/m0/s1. The second kappa shape index (κ2) is 60.4. The molecule has 0 rings (SSSR count). The van der Waals surface area contributed by atoms with Crippen molar-refractivity contribution in [2.45, 2.75) is 271 Å². The summed E-state index contributed by atoms with van der Waals surface area (Å²) < 4.78 is 16.8. The van der Waals surface area contributed by atoms with Crippen LogP contribution in [-0.2, 0) is 28.6 Å². The van der Waals surface area contributed by atoms with Crippen LogP contribution in [-0.4, -0.2) is 37.2 Å². The highest BCUT2D eigenvalue weighted by atomic mass is 16.6. The summed E-state index contributed by atoms with van der Waals surface area (Å²) in [5.74, 6) is -0.975. The number of carbonyl (C=O) groups is 3. The predicted molar refractivity (Wildman–Crippen MR) is 316 cm³/mol. The summed E-state index contributed by atoms with van der Waals surface area (Å²) in [7, 11) is 0. The summed E-state index contributed by atoms with van der Waals surface area (Å²) in [6.45, 7) is 6.44. The van der Waals surface area contributed by atoms with Crippen molar-refractivity contribution >= 4 is 17.9 Å². The van der Waals surface area contributed by atoms with Crippen molar-refractivity contribution < 1.29 is 28.6 Å². The first-order valence-corrected chi connectivity index (χ1v) is 30.0. The maximum atomic E-state index is 12.9. The highest BCUT2D eigenvalue weighted by Gasteiger charge is 2.19. The fourth-order valence-electron chi connectivity index (χ4n) is 7.92. The molecule has 73 heavy (non-hydrogen) atoms. The molecule has 0 unspecified atom stereocenters. The van der Waals surface area contributed by atoms with Crippen LogP contribution in [0.4, 0.5) is 0 Å². The lowest BCUT2D eigenvalue weighted by Gasteiger charge is -2.18. The molecule has 0 fully saturated rings. The van der Waals surface area contributed by atoms with Crippen molar-refractivity contribution in [1.82, 2.24) is 0 Å². The van der Waals surface area contributed by atoms with Crippen LogP contribution in [0.15, 0.2) is 122 Å². The van der Waals surface area contributed by atoms with E-state index in [0.29, 0.717) is 19.3 Å². The molecular weight excluding hydrogens is 901 g/mol. The molecule has 0 aliphatic rings. The van der Waals surface area contributed by atoms with Gasteiger partial charge in [0.05, 0.1) is 0 Å². The molecule has 0 N–H and O–H groups in total. The zero-order chi connectivity index (χ0) is 52.9. The fraction of sp³-hybridized carbons (Fsp3) is 0.657. The molecule has 0 aromatic heterocycles. The number of rotatable bonds is 53. The Labute approximate surface area is 450 Å². The first kappa shape index (κ1) is 68.8. The van der Waals surface area contributed by atoms with E-state index in [-0.39, 0.29) is 37.5 Å². The average molecular weight is 1010 g/mol. The number of carbonyl (C=O) groups excluding carboxylic acids is 3. The Balaban J connectivity index is 4.53. The van der Waals surface area contributed by atoms with E-state index >= 15 is 0 Å². The molecule has 0 aromatic rings. The molecule has 6 nitrogen and oxygen atoms in total. The van der Waals surface area contributed by atoms with E-state index in [1.165, 1.54) is 103 Å². The van der Waals surface area contributed by atoms with Crippen LogP contribution in [0.1, 0.15) is 265 Å². The number of hydrogen-bond acceptors (Lipinski definition) is 6. The highest BCUT2D eigenvalue weighted by molar-refractivity contribution is 5.71. The van der Waals surface area contributed by atoms with E-state index < -0.39 is 6.10 Å². The summed E-state index contributed by atoms with van der Waals surface area (Å²) in [5, 5.41) is 0. The molecule has 0 aliphatic heterocycles. The predicted octanol–water partition coefficient (Wildman–Crippen LogP) is 20.4. The van der Waals surface area contributed by atoms with E-state index in [4.69, 9.17) is 14.2 Å². The molecule has 0 saturated heterocycles. The summed E-state index contributed by atoms with van der Waals surface area (Å²) in [5.41, 5.74) is 0. The molecule has 6 heteroatoms. The van der Waals surface area contributed by atoms with E-state index in [1.54, 1.807) is 0 Å². The third kappa shape index (κ3) is 58.6. The normalized spacial score (nSPS) is 13.0. The van der Waals surface area contributed by atoms with E-state index in [9.17, 15) is 14.4 Å². The van der Waals surface area contributed by atoms with Crippen molar-refractivity contribution in [3.05, 3.63) is 122 Å². The van der Waals surface area contributed by atoms with Crippen LogP contribution in [0.2, 0.25) is 0 Å². The average Bonchev–Trinajstić information content (AvgIpc) is 3.39. The maximum absolute atomic E-state index is 12.9. The molecule has 0 bridgehead atoms. The Bertz CT molecular complexity index is 1540. The van der Waals surface area contributed by atoms with Crippen LogP contribution in [0, 0.1) is 0 Å². The lowest BCUT2D eigenvalue weighted by atomic mass is 10.1. The monoisotopic (exact) mass is 1010 g/mol. The van der Waals surface area contributed by atoms with Gasteiger partial charge in [0.1, 0.15) is 13.2 Å². The smallest absolute Gasteiger partial charge is 0.306 e. The van der Waals surface area contributed by atoms with Crippen LogP contribution in [0.5, 0.6) is 0 Å². The number of esters is 3. The minimum atomic E-state index is -0.815. The second-order valence-electron chi connectivity index (χ2n) is 19.5. The minimum Gasteiger partial charge on any atom is -0.462 e. The third-order valence-corrected chi connectivity index (χ3v) is 12.4. The molecule has 0 saturated carbocycles. The zero-order valence-electron chi connectivity index (χ0n) is 47.4. The van der Waals surface area contributed by atoms with Gasteiger partial charge >= 0.3 is 17.9 Å². The zero-order valence-corrected chi connectivity index (χ0v) is 47.4. The van der Waals surface area contributed by atoms with Crippen LogP contribution < -0.4 is 0 Å². The molecule has 414 valence electrons. The molecule has 0 spiro atoms.